The molecule has 1 amide bonds. The van der Waals surface area contributed by atoms with Gasteiger partial charge in [-0.2, -0.15) is 0 Å². The molecule has 20 heavy (non-hydrogen) atoms. The summed E-state index contributed by atoms with van der Waals surface area (Å²) in [6, 6.07) is 8.43. The van der Waals surface area contributed by atoms with Crippen LogP contribution in [0.4, 0.5) is 5.69 Å². The van der Waals surface area contributed by atoms with Gasteiger partial charge in [-0.25, -0.2) is 0 Å². The summed E-state index contributed by atoms with van der Waals surface area (Å²) in [5.74, 6) is 1.23. The average Bonchev–Trinajstić information content (AvgIpc) is 3.00. The third-order valence-corrected chi connectivity index (χ3v) is 4.27. The zero-order valence-electron chi connectivity index (χ0n) is 11.4. The van der Waals surface area contributed by atoms with Crippen LogP contribution in [-0.4, -0.2) is 36.3 Å². The number of amides is 1. The molecular formula is C16H17N3O. The first kappa shape index (κ1) is 11.7. The van der Waals surface area contributed by atoms with Crippen molar-refractivity contribution in [3.63, 3.8) is 0 Å². The van der Waals surface area contributed by atoms with Crippen molar-refractivity contribution in [3.05, 3.63) is 41.0 Å². The van der Waals surface area contributed by atoms with Crippen molar-refractivity contribution in [2.45, 2.75) is 19.3 Å². The molecule has 4 nitrogen and oxygen atoms in total. The number of amidine groups is 1. The Labute approximate surface area is 118 Å². The van der Waals surface area contributed by atoms with E-state index in [0.29, 0.717) is 6.42 Å². The van der Waals surface area contributed by atoms with E-state index in [1.807, 2.05) is 4.90 Å². The van der Waals surface area contributed by atoms with Gasteiger partial charge >= 0.3 is 0 Å². The van der Waals surface area contributed by atoms with Gasteiger partial charge in [0.15, 0.2) is 0 Å². The van der Waals surface area contributed by atoms with Crippen LogP contribution in [0.2, 0.25) is 0 Å². The molecule has 3 heterocycles. The Kier molecular flexibility index (Phi) is 2.62. The first-order valence-electron chi connectivity index (χ1n) is 7.19. The monoisotopic (exact) mass is 267 g/mol. The van der Waals surface area contributed by atoms with Gasteiger partial charge < -0.3 is 10.2 Å². The van der Waals surface area contributed by atoms with Crippen LogP contribution >= 0.6 is 0 Å². The molecule has 4 bridgehead atoms. The van der Waals surface area contributed by atoms with E-state index in [1.54, 1.807) is 0 Å². The molecule has 3 aliphatic heterocycles. The first-order chi connectivity index (χ1) is 9.79. The molecule has 4 heteroatoms. The SMILES string of the molecule is O=C1CCCc2cccc(c2)NC2=NCC3=C2CN1C3. The number of hydrogen-bond donors (Lipinski definition) is 1. The molecule has 0 fully saturated rings. The van der Waals surface area contributed by atoms with E-state index in [1.165, 1.54) is 16.7 Å². The fraction of sp³-hybridized carbons (Fsp3) is 0.375. The van der Waals surface area contributed by atoms with Crippen molar-refractivity contribution in [3.8, 4) is 0 Å². The molecule has 0 unspecified atom stereocenters. The lowest BCUT2D eigenvalue weighted by atomic mass is 10.1. The Morgan fingerprint density at radius 3 is 3.10 bits per heavy atom. The maximum Gasteiger partial charge on any atom is 0.223 e. The molecule has 0 spiro atoms. The Bertz CT molecular complexity index is 645. The van der Waals surface area contributed by atoms with Gasteiger partial charge in [0, 0.05) is 30.8 Å². The zero-order chi connectivity index (χ0) is 13.5. The van der Waals surface area contributed by atoms with Gasteiger partial charge in [0.05, 0.1) is 6.54 Å². The molecule has 102 valence electrons. The van der Waals surface area contributed by atoms with E-state index in [9.17, 15) is 4.79 Å². The fourth-order valence-corrected chi connectivity index (χ4v) is 3.18. The topological polar surface area (TPSA) is 44.7 Å². The van der Waals surface area contributed by atoms with Crippen molar-refractivity contribution in [1.29, 1.82) is 0 Å². The minimum atomic E-state index is 0.274. The van der Waals surface area contributed by atoms with Crippen molar-refractivity contribution in [1.82, 2.24) is 4.90 Å². The Balaban J connectivity index is 1.71. The molecule has 0 radical (unpaired) electrons. The predicted molar refractivity (Wildman–Crippen MR) is 78.9 cm³/mol. The summed E-state index contributed by atoms with van der Waals surface area (Å²) < 4.78 is 0. The maximum atomic E-state index is 12.2. The first-order valence-corrected chi connectivity index (χ1v) is 7.19. The normalized spacial score (nSPS) is 21.3. The number of carbonyl (C=O) groups excluding carboxylic acids is 1. The second-order valence-electron chi connectivity index (χ2n) is 5.68. The van der Waals surface area contributed by atoms with Crippen molar-refractivity contribution in [2.75, 3.05) is 25.0 Å². The third-order valence-electron chi connectivity index (χ3n) is 4.27. The standard InChI is InChI=1S/C16H17N3O/c20-15-6-2-4-11-3-1-5-13(7-11)18-16-14-10-19(15)9-12(14)8-17-16/h1,3,5,7H,2,4,6,8-10H2,(H,17,18). The summed E-state index contributed by atoms with van der Waals surface area (Å²) in [5, 5.41) is 3.42. The van der Waals surface area contributed by atoms with Crippen molar-refractivity contribution >= 4 is 17.4 Å². The van der Waals surface area contributed by atoms with E-state index < -0.39 is 0 Å². The fourth-order valence-electron chi connectivity index (χ4n) is 3.18. The quantitative estimate of drug-likeness (QED) is 0.781. The number of nitrogens with zero attached hydrogens (tertiary/aromatic N) is 2. The van der Waals surface area contributed by atoms with E-state index in [4.69, 9.17) is 0 Å². The summed E-state index contributed by atoms with van der Waals surface area (Å²) in [7, 11) is 0. The number of hydrogen-bond acceptors (Lipinski definition) is 3. The van der Waals surface area contributed by atoms with Crippen molar-refractivity contribution < 1.29 is 4.79 Å². The lowest BCUT2D eigenvalue weighted by molar-refractivity contribution is -0.130. The third kappa shape index (κ3) is 1.92. The second kappa shape index (κ2) is 4.47. The highest BCUT2D eigenvalue weighted by atomic mass is 16.2. The van der Waals surface area contributed by atoms with E-state index in [0.717, 1.165) is 44.0 Å². The number of anilines is 1. The van der Waals surface area contributed by atoms with Crippen LogP contribution in [0.15, 0.2) is 40.4 Å². The van der Waals surface area contributed by atoms with Crippen molar-refractivity contribution in [2.24, 2.45) is 4.99 Å². The highest BCUT2D eigenvalue weighted by molar-refractivity contribution is 6.11. The molecule has 0 aromatic heterocycles. The number of nitrogens with one attached hydrogen (secondary N) is 1. The van der Waals surface area contributed by atoms with Crippen LogP contribution in [-0.2, 0) is 11.2 Å². The number of benzene rings is 1. The zero-order valence-corrected chi connectivity index (χ0v) is 11.4. The number of rotatable bonds is 0. The van der Waals surface area contributed by atoms with Crippen LogP contribution in [0.1, 0.15) is 18.4 Å². The molecule has 1 aromatic carbocycles. The van der Waals surface area contributed by atoms with Gasteiger partial charge in [-0.05, 0) is 36.1 Å². The Morgan fingerprint density at radius 1 is 1.20 bits per heavy atom. The highest BCUT2D eigenvalue weighted by Gasteiger charge is 2.31. The number of fused-ring (bicyclic) bond motifs is 3. The Hall–Kier alpha value is -2.10. The summed E-state index contributed by atoms with van der Waals surface area (Å²) in [5.41, 5.74) is 4.90. The van der Waals surface area contributed by atoms with Gasteiger partial charge in [-0.1, -0.05) is 12.1 Å². The second-order valence-corrected chi connectivity index (χ2v) is 5.68. The summed E-state index contributed by atoms with van der Waals surface area (Å²) in [6.07, 6.45) is 2.52. The molecule has 1 N–H and O–H groups in total. The van der Waals surface area contributed by atoms with Crippen LogP contribution < -0.4 is 5.32 Å². The van der Waals surface area contributed by atoms with Gasteiger partial charge in [0.25, 0.3) is 0 Å². The predicted octanol–water partition coefficient (Wildman–Crippen LogP) is 1.99. The molecular weight excluding hydrogens is 250 g/mol. The minimum Gasteiger partial charge on any atom is -0.340 e. The van der Waals surface area contributed by atoms with E-state index >= 15 is 0 Å². The Morgan fingerprint density at radius 2 is 2.15 bits per heavy atom. The summed E-state index contributed by atoms with van der Waals surface area (Å²) in [4.78, 5) is 18.8. The lowest BCUT2D eigenvalue weighted by Crippen LogP contribution is -2.31. The van der Waals surface area contributed by atoms with Crippen LogP contribution in [0.5, 0.6) is 0 Å². The van der Waals surface area contributed by atoms with Gasteiger partial charge in [-0.15, -0.1) is 0 Å². The molecule has 0 aliphatic carbocycles. The highest BCUT2D eigenvalue weighted by Crippen LogP contribution is 2.27. The van der Waals surface area contributed by atoms with Gasteiger partial charge in [-0.3, -0.25) is 9.79 Å². The number of aliphatic imine (C=N–C) groups is 1. The smallest absolute Gasteiger partial charge is 0.223 e. The average molecular weight is 267 g/mol. The minimum absolute atomic E-state index is 0.274. The molecule has 1 aromatic rings. The number of aryl methyl sites for hydroxylation is 1. The van der Waals surface area contributed by atoms with Gasteiger partial charge in [0.1, 0.15) is 5.84 Å². The van der Waals surface area contributed by atoms with Crippen LogP contribution in [0.25, 0.3) is 0 Å². The van der Waals surface area contributed by atoms with Crippen LogP contribution in [0, 0.1) is 0 Å². The molecule has 4 rings (SSSR count). The number of carbonyl (C=O) groups is 1. The maximum absolute atomic E-state index is 12.2. The van der Waals surface area contributed by atoms with Gasteiger partial charge in [0.2, 0.25) is 5.91 Å². The van der Waals surface area contributed by atoms with E-state index in [2.05, 4.69) is 34.6 Å². The molecule has 0 atom stereocenters. The van der Waals surface area contributed by atoms with E-state index in [-0.39, 0.29) is 5.91 Å². The lowest BCUT2D eigenvalue weighted by Gasteiger charge is -2.19. The van der Waals surface area contributed by atoms with Crippen LogP contribution in [0.3, 0.4) is 0 Å². The molecule has 0 saturated carbocycles. The molecule has 3 aliphatic rings. The summed E-state index contributed by atoms with van der Waals surface area (Å²) >= 11 is 0. The summed E-state index contributed by atoms with van der Waals surface area (Å²) in [6.45, 7) is 2.22. The largest absolute Gasteiger partial charge is 0.340 e. The molecule has 0 saturated heterocycles.